The quantitative estimate of drug-likeness (QED) is 0.413. The molecule has 0 saturated heterocycles. The molecule has 0 unspecified atom stereocenters. The zero-order valence-electron chi connectivity index (χ0n) is 17.2. The van der Waals surface area contributed by atoms with E-state index in [2.05, 4.69) is 5.10 Å². The van der Waals surface area contributed by atoms with Crippen molar-refractivity contribution in [2.75, 3.05) is 6.26 Å². The molecule has 0 aliphatic rings. The van der Waals surface area contributed by atoms with Crippen LogP contribution in [0.3, 0.4) is 0 Å². The van der Waals surface area contributed by atoms with Crippen LogP contribution < -0.4 is 0 Å². The van der Waals surface area contributed by atoms with E-state index in [9.17, 15) is 13.5 Å². The number of hydrogen-bond acceptors (Lipinski definition) is 5. The molecular formula is C23H21ClN2O3S2. The van der Waals surface area contributed by atoms with Crippen molar-refractivity contribution in [1.82, 2.24) is 9.78 Å². The molecule has 0 aliphatic heterocycles. The van der Waals surface area contributed by atoms with Crippen LogP contribution in [0.2, 0.25) is 5.02 Å². The second-order valence-electron chi connectivity index (χ2n) is 7.83. The third-order valence-electron chi connectivity index (χ3n) is 4.81. The van der Waals surface area contributed by atoms with E-state index in [1.54, 1.807) is 48.9 Å². The van der Waals surface area contributed by atoms with E-state index in [-0.39, 0.29) is 4.90 Å². The minimum atomic E-state index is -3.29. The van der Waals surface area contributed by atoms with Crippen molar-refractivity contribution in [3.05, 3.63) is 77.4 Å². The fraction of sp³-hybridized carbons (Fsp3) is 0.174. The molecule has 0 amide bonds. The molecule has 0 saturated carbocycles. The highest BCUT2D eigenvalue weighted by atomic mass is 35.5. The summed E-state index contributed by atoms with van der Waals surface area (Å²) < 4.78 is 25.6. The SMILES string of the molecule is CC(C)(O)c1cc(-c2ccc(-c3cccc(S(C)(=O)=O)c3)s2)n(-c2ccc(Cl)cc2)n1. The van der Waals surface area contributed by atoms with Crippen LogP contribution in [-0.2, 0) is 15.4 Å². The molecule has 0 spiro atoms. The molecule has 0 bridgehead atoms. The zero-order chi connectivity index (χ0) is 22.4. The van der Waals surface area contributed by atoms with Gasteiger partial charge in [0.05, 0.1) is 26.8 Å². The lowest BCUT2D eigenvalue weighted by atomic mass is 10.1. The van der Waals surface area contributed by atoms with Gasteiger partial charge in [0.25, 0.3) is 0 Å². The summed E-state index contributed by atoms with van der Waals surface area (Å²) in [7, 11) is -3.29. The lowest BCUT2D eigenvalue weighted by Crippen LogP contribution is -2.16. The number of rotatable bonds is 5. The largest absolute Gasteiger partial charge is 0.384 e. The molecule has 0 fully saturated rings. The summed E-state index contributed by atoms with van der Waals surface area (Å²) in [6.45, 7) is 3.39. The van der Waals surface area contributed by atoms with Crippen molar-refractivity contribution >= 4 is 32.8 Å². The number of nitrogens with zero attached hydrogens (tertiary/aromatic N) is 2. The van der Waals surface area contributed by atoms with Crippen LogP contribution >= 0.6 is 22.9 Å². The first-order valence-electron chi connectivity index (χ1n) is 9.52. The predicted octanol–water partition coefficient (Wildman–Crippen LogP) is 5.55. The Morgan fingerprint density at radius 1 is 1.00 bits per heavy atom. The van der Waals surface area contributed by atoms with Gasteiger partial charge in [-0.3, -0.25) is 0 Å². The summed E-state index contributed by atoms with van der Waals surface area (Å²) in [5.41, 5.74) is 1.93. The topological polar surface area (TPSA) is 72.2 Å². The van der Waals surface area contributed by atoms with E-state index in [4.69, 9.17) is 11.6 Å². The Bertz CT molecular complexity index is 1350. The minimum Gasteiger partial charge on any atom is -0.384 e. The summed E-state index contributed by atoms with van der Waals surface area (Å²) in [4.78, 5) is 2.17. The summed E-state index contributed by atoms with van der Waals surface area (Å²) in [6, 6.07) is 20.1. The molecule has 31 heavy (non-hydrogen) atoms. The lowest BCUT2D eigenvalue weighted by Gasteiger charge is -2.13. The number of aliphatic hydroxyl groups is 1. The van der Waals surface area contributed by atoms with Crippen LogP contribution in [0.5, 0.6) is 0 Å². The van der Waals surface area contributed by atoms with Gasteiger partial charge >= 0.3 is 0 Å². The molecule has 2 aromatic heterocycles. The van der Waals surface area contributed by atoms with E-state index >= 15 is 0 Å². The molecular weight excluding hydrogens is 452 g/mol. The lowest BCUT2D eigenvalue weighted by molar-refractivity contribution is 0.0734. The molecule has 160 valence electrons. The smallest absolute Gasteiger partial charge is 0.175 e. The van der Waals surface area contributed by atoms with Gasteiger partial charge in [-0.25, -0.2) is 13.1 Å². The first-order valence-corrected chi connectivity index (χ1v) is 12.6. The molecule has 4 rings (SSSR count). The summed E-state index contributed by atoms with van der Waals surface area (Å²) in [5, 5.41) is 15.8. The highest BCUT2D eigenvalue weighted by Crippen LogP contribution is 2.37. The van der Waals surface area contributed by atoms with Crippen LogP contribution in [0.1, 0.15) is 19.5 Å². The molecule has 2 heterocycles. The van der Waals surface area contributed by atoms with Crippen molar-refractivity contribution in [2.24, 2.45) is 0 Å². The van der Waals surface area contributed by atoms with E-state index in [1.165, 1.54) is 17.6 Å². The van der Waals surface area contributed by atoms with Gasteiger partial charge in [0.2, 0.25) is 0 Å². The van der Waals surface area contributed by atoms with Crippen molar-refractivity contribution in [3.63, 3.8) is 0 Å². The molecule has 2 aromatic carbocycles. The average Bonchev–Trinajstić information content (AvgIpc) is 3.35. The van der Waals surface area contributed by atoms with Crippen LogP contribution in [0.4, 0.5) is 0 Å². The summed E-state index contributed by atoms with van der Waals surface area (Å²) in [6.07, 6.45) is 1.20. The highest BCUT2D eigenvalue weighted by Gasteiger charge is 2.24. The number of benzene rings is 2. The Balaban J connectivity index is 1.82. The van der Waals surface area contributed by atoms with E-state index in [0.717, 1.165) is 26.7 Å². The number of sulfone groups is 1. The first-order chi connectivity index (χ1) is 14.5. The van der Waals surface area contributed by atoms with Gasteiger partial charge in [0.1, 0.15) is 5.60 Å². The fourth-order valence-electron chi connectivity index (χ4n) is 3.15. The maximum absolute atomic E-state index is 11.9. The summed E-state index contributed by atoms with van der Waals surface area (Å²) in [5.74, 6) is 0. The van der Waals surface area contributed by atoms with Gasteiger partial charge in [0, 0.05) is 16.2 Å². The van der Waals surface area contributed by atoms with Crippen molar-refractivity contribution in [1.29, 1.82) is 0 Å². The Morgan fingerprint density at radius 2 is 1.68 bits per heavy atom. The van der Waals surface area contributed by atoms with Gasteiger partial charge in [-0.15, -0.1) is 11.3 Å². The molecule has 8 heteroatoms. The Hall–Kier alpha value is -2.45. The van der Waals surface area contributed by atoms with Crippen molar-refractivity contribution in [2.45, 2.75) is 24.3 Å². The van der Waals surface area contributed by atoms with E-state index < -0.39 is 15.4 Å². The monoisotopic (exact) mass is 472 g/mol. The van der Waals surface area contributed by atoms with Gasteiger partial charge in [-0.2, -0.15) is 5.10 Å². The molecule has 1 N–H and O–H groups in total. The highest BCUT2D eigenvalue weighted by molar-refractivity contribution is 7.90. The average molecular weight is 473 g/mol. The van der Waals surface area contributed by atoms with Crippen molar-refractivity contribution < 1.29 is 13.5 Å². The predicted molar refractivity (Wildman–Crippen MR) is 126 cm³/mol. The van der Waals surface area contributed by atoms with Gasteiger partial charge in [-0.1, -0.05) is 23.7 Å². The second-order valence-corrected chi connectivity index (χ2v) is 11.4. The third kappa shape index (κ3) is 4.60. The Kier molecular flexibility index (Phi) is 5.55. The van der Waals surface area contributed by atoms with Crippen LogP contribution in [-0.4, -0.2) is 29.6 Å². The van der Waals surface area contributed by atoms with Gasteiger partial charge in [-0.05, 0) is 74.0 Å². The van der Waals surface area contributed by atoms with Crippen molar-refractivity contribution in [3.8, 4) is 26.7 Å². The second kappa shape index (κ2) is 7.91. The molecule has 0 atom stereocenters. The Labute approximate surface area is 190 Å². The van der Waals surface area contributed by atoms with E-state index in [1.807, 2.05) is 36.4 Å². The summed E-state index contributed by atoms with van der Waals surface area (Å²) >= 11 is 7.57. The van der Waals surface area contributed by atoms with Crippen LogP contribution in [0, 0.1) is 0 Å². The molecule has 0 aliphatic carbocycles. The van der Waals surface area contributed by atoms with Gasteiger partial charge in [0.15, 0.2) is 9.84 Å². The maximum atomic E-state index is 11.9. The fourth-order valence-corrected chi connectivity index (χ4v) is 4.94. The molecule has 0 radical (unpaired) electrons. The van der Waals surface area contributed by atoms with Crippen LogP contribution in [0.15, 0.2) is 71.6 Å². The standard InChI is InChI=1S/C23H21ClN2O3S2/c1-23(2,27)22-14-19(26(25-22)17-9-7-16(24)8-10-17)21-12-11-20(30-21)15-5-4-6-18(13-15)31(3,28)29/h4-14,27H,1-3H3. The van der Waals surface area contributed by atoms with Gasteiger partial charge < -0.3 is 5.11 Å². The molecule has 5 nitrogen and oxygen atoms in total. The minimum absolute atomic E-state index is 0.287. The normalized spacial score (nSPS) is 12.3. The van der Waals surface area contributed by atoms with Crippen LogP contribution in [0.25, 0.3) is 26.7 Å². The number of thiophene rings is 1. The maximum Gasteiger partial charge on any atom is 0.175 e. The Morgan fingerprint density at radius 3 is 2.32 bits per heavy atom. The zero-order valence-corrected chi connectivity index (χ0v) is 19.6. The number of hydrogen-bond donors (Lipinski definition) is 1. The first kappa shape index (κ1) is 21.8. The third-order valence-corrected chi connectivity index (χ3v) is 7.33. The number of aromatic nitrogens is 2. The molecule has 4 aromatic rings. The van der Waals surface area contributed by atoms with E-state index in [0.29, 0.717) is 10.7 Å². The number of halogens is 1.